The van der Waals surface area contributed by atoms with Crippen molar-refractivity contribution in [2.45, 2.75) is 12.2 Å². The molecule has 1 atom stereocenters. The smallest absolute Gasteiger partial charge is 0.236 e. The van der Waals surface area contributed by atoms with Gasteiger partial charge in [0.05, 0.1) is 27.6 Å². The lowest BCUT2D eigenvalue weighted by Gasteiger charge is -2.08. The largest absolute Gasteiger partial charge is 0.324 e. The molecule has 0 aromatic heterocycles. The Morgan fingerprint density at radius 2 is 2.33 bits per heavy atom. The Hall–Kier alpha value is -1.18. The maximum absolute atomic E-state index is 11.3. The maximum Gasteiger partial charge on any atom is 0.236 e. The molecule has 0 aliphatic rings. The number of carbonyl (C=O) groups is 1. The molecule has 1 aromatic rings. The highest BCUT2D eigenvalue weighted by molar-refractivity contribution is 7.81. The zero-order valence-corrected chi connectivity index (χ0v) is 9.64. The zero-order chi connectivity index (χ0) is 11.4. The summed E-state index contributed by atoms with van der Waals surface area (Å²) in [5, 5.41) is 11.2. The number of thiol groups is 1. The molecule has 0 spiro atoms. The number of nitrogens with one attached hydrogen (secondary N) is 1. The van der Waals surface area contributed by atoms with Crippen molar-refractivity contribution in [3.05, 3.63) is 28.8 Å². The van der Waals surface area contributed by atoms with Crippen molar-refractivity contribution in [2.24, 2.45) is 0 Å². The standard InChI is InChI=1S/C10H9ClN2OS/c1-6(15)10(14)13-9-4-7(5-12)2-3-8(9)11/h2-4,6,15H,1H3,(H,13,14). The van der Waals surface area contributed by atoms with Gasteiger partial charge in [-0.2, -0.15) is 17.9 Å². The van der Waals surface area contributed by atoms with Gasteiger partial charge in [-0.15, -0.1) is 0 Å². The third kappa shape index (κ3) is 3.15. The van der Waals surface area contributed by atoms with E-state index in [1.54, 1.807) is 19.1 Å². The first-order valence-electron chi connectivity index (χ1n) is 4.23. The van der Waals surface area contributed by atoms with Crippen molar-refractivity contribution in [2.75, 3.05) is 5.32 Å². The number of halogens is 1. The lowest BCUT2D eigenvalue weighted by molar-refractivity contribution is -0.115. The van der Waals surface area contributed by atoms with E-state index < -0.39 is 5.25 Å². The molecule has 0 saturated heterocycles. The molecule has 1 amide bonds. The van der Waals surface area contributed by atoms with Gasteiger partial charge >= 0.3 is 0 Å². The quantitative estimate of drug-likeness (QED) is 0.781. The number of nitriles is 1. The number of hydrogen-bond donors (Lipinski definition) is 2. The number of rotatable bonds is 2. The van der Waals surface area contributed by atoms with Gasteiger partial charge in [-0.3, -0.25) is 4.79 Å². The molecule has 15 heavy (non-hydrogen) atoms. The highest BCUT2D eigenvalue weighted by Crippen LogP contribution is 2.23. The molecule has 0 heterocycles. The molecule has 1 N–H and O–H groups in total. The molecule has 1 aromatic carbocycles. The summed E-state index contributed by atoms with van der Waals surface area (Å²) in [6.45, 7) is 1.65. The van der Waals surface area contributed by atoms with Gasteiger partial charge in [0.1, 0.15) is 0 Å². The van der Waals surface area contributed by atoms with Gasteiger partial charge in [0.25, 0.3) is 0 Å². The van der Waals surface area contributed by atoms with Gasteiger partial charge < -0.3 is 5.32 Å². The van der Waals surface area contributed by atoms with E-state index in [0.29, 0.717) is 16.3 Å². The van der Waals surface area contributed by atoms with Crippen LogP contribution in [-0.2, 0) is 4.79 Å². The Morgan fingerprint density at radius 3 is 2.87 bits per heavy atom. The average molecular weight is 241 g/mol. The number of nitrogens with zero attached hydrogens (tertiary/aromatic N) is 1. The summed E-state index contributed by atoms with van der Waals surface area (Å²) < 4.78 is 0. The van der Waals surface area contributed by atoms with E-state index in [2.05, 4.69) is 17.9 Å². The predicted octanol–water partition coefficient (Wildman–Crippen LogP) is 2.47. The molecule has 0 fully saturated rings. The predicted molar refractivity (Wildman–Crippen MR) is 63.2 cm³/mol. The van der Waals surface area contributed by atoms with Crippen LogP contribution < -0.4 is 5.32 Å². The molecule has 0 saturated carbocycles. The van der Waals surface area contributed by atoms with Crippen LogP contribution in [0, 0.1) is 11.3 Å². The van der Waals surface area contributed by atoms with Crippen molar-refractivity contribution in [3.8, 4) is 6.07 Å². The Bertz CT molecular complexity index is 426. The van der Waals surface area contributed by atoms with E-state index in [-0.39, 0.29) is 5.91 Å². The SMILES string of the molecule is CC(S)C(=O)Nc1cc(C#N)ccc1Cl. The van der Waals surface area contributed by atoms with E-state index in [1.165, 1.54) is 6.07 Å². The summed E-state index contributed by atoms with van der Waals surface area (Å²) in [5.41, 5.74) is 0.878. The van der Waals surface area contributed by atoms with Crippen molar-refractivity contribution < 1.29 is 4.79 Å². The van der Waals surface area contributed by atoms with Crippen molar-refractivity contribution >= 4 is 35.8 Å². The highest BCUT2D eigenvalue weighted by Gasteiger charge is 2.10. The second-order valence-electron chi connectivity index (χ2n) is 2.97. The minimum Gasteiger partial charge on any atom is -0.324 e. The normalized spacial score (nSPS) is 11.6. The fraction of sp³-hybridized carbons (Fsp3) is 0.200. The van der Waals surface area contributed by atoms with Crippen LogP contribution in [0.3, 0.4) is 0 Å². The van der Waals surface area contributed by atoms with E-state index in [4.69, 9.17) is 16.9 Å². The van der Waals surface area contributed by atoms with Crippen LogP contribution in [0.15, 0.2) is 18.2 Å². The van der Waals surface area contributed by atoms with Crippen molar-refractivity contribution in [3.63, 3.8) is 0 Å². The van der Waals surface area contributed by atoms with Gasteiger partial charge in [0.2, 0.25) is 5.91 Å². The Morgan fingerprint density at radius 1 is 1.67 bits per heavy atom. The Labute approximate surface area is 98.5 Å². The van der Waals surface area contributed by atoms with Gasteiger partial charge in [0, 0.05) is 0 Å². The Balaban J connectivity index is 2.94. The van der Waals surface area contributed by atoms with Crippen LogP contribution in [0.1, 0.15) is 12.5 Å². The molecule has 0 aliphatic carbocycles. The van der Waals surface area contributed by atoms with E-state index >= 15 is 0 Å². The molecular formula is C10H9ClN2OS. The number of benzene rings is 1. The minimum atomic E-state index is -0.424. The lowest BCUT2D eigenvalue weighted by atomic mass is 10.2. The molecule has 1 unspecified atom stereocenters. The Kier molecular flexibility index (Phi) is 4.01. The summed E-state index contributed by atoms with van der Waals surface area (Å²) >= 11 is 9.84. The summed E-state index contributed by atoms with van der Waals surface area (Å²) in [5.74, 6) is -0.254. The van der Waals surface area contributed by atoms with Crippen LogP contribution >= 0.6 is 24.2 Å². The maximum atomic E-state index is 11.3. The third-order valence-electron chi connectivity index (χ3n) is 1.73. The molecule has 0 radical (unpaired) electrons. The van der Waals surface area contributed by atoms with Crippen molar-refractivity contribution in [1.82, 2.24) is 0 Å². The highest BCUT2D eigenvalue weighted by atomic mass is 35.5. The first kappa shape index (κ1) is 11.9. The summed E-state index contributed by atoms with van der Waals surface area (Å²) in [4.78, 5) is 11.3. The minimum absolute atomic E-state index is 0.254. The molecule has 0 bridgehead atoms. The first-order chi connectivity index (χ1) is 7.04. The van der Waals surface area contributed by atoms with Gasteiger partial charge in [0.15, 0.2) is 0 Å². The third-order valence-corrected chi connectivity index (χ3v) is 2.30. The lowest BCUT2D eigenvalue weighted by Crippen LogP contribution is -2.20. The van der Waals surface area contributed by atoms with Crippen molar-refractivity contribution in [1.29, 1.82) is 5.26 Å². The van der Waals surface area contributed by atoms with Crippen LogP contribution in [0.25, 0.3) is 0 Å². The summed E-state index contributed by atoms with van der Waals surface area (Å²) in [7, 11) is 0. The number of amides is 1. The molecule has 0 aliphatic heterocycles. The molecular weight excluding hydrogens is 232 g/mol. The second-order valence-corrected chi connectivity index (χ2v) is 4.15. The summed E-state index contributed by atoms with van der Waals surface area (Å²) in [6.07, 6.45) is 0. The topological polar surface area (TPSA) is 52.9 Å². The molecule has 78 valence electrons. The van der Waals surface area contributed by atoms with Gasteiger partial charge in [-0.1, -0.05) is 11.6 Å². The van der Waals surface area contributed by atoms with E-state index in [1.807, 2.05) is 6.07 Å². The van der Waals surface area contributed by atoms with Gasteiger partial charge in [-0.25, -0.2) is 0 Å². The molecule has 5 heteroatoms. The fourth-order valence-electron chi connectivity index (χ4n) is 0.928. The first-order valence-corrected chi connectivity index (χ1v) is 5.12. The summed E-state index contributed by atoms with van der Waals surface area (Å²) in [6, 6.07) is 6.65. The van der Waals surface area contributed by atoms with Gasteiger partial charge in [-0.05, 0) is 25.1 Å². The molecule has 1 rings (SSSR count). The van der Waals surface area contributed by atoms with Crippen LogP contribution in [0.5, 0.6) is 0 Å². The molecule has 3 nitrogen and oxygen atoms in total. The monoisotopic (exact) mass is 240 g/mol. The van der Waals surface area contributed by atoms with E-state index in [0.717, 1.165) is 0 Å². The van der Waals surface area contributed by atoms with E-state index in [9.17, 15) is 4.79 Å². The van der Waals surface area contributed by atoms with Crippen LogP contribution in [0.4, 0.5) is 5.69 Å². The van der Waals surface area contributed by atoms with Crippen LogP contribution in [-0.4, -0.2) is 11.2 Å². The fourth-order valence-corrected chi connectivity index (χ4v) is 1.16. The zero-order valence-electron chi connectivity index (χ0n) is 7.99. The number of anilines is 1. The second kappa shape index (κ2) is 5.06. The average Bonchev–Trinajstić information content (AvgIpc) is 2.21. The number of carbonyl (C=O) groups excluding carboxylic acids is 1. The number of hydrogen-bond acceptors (Lipinski definition) is 3. The van der Waals surface area contributed by atoms with Crippen LogP contribution in [0.2, 0.25) is 5.02 Å².